The smallest absolute Gasteiger partial charge is 0.203 e. The minimum atomic E-state index is 0.143. The van der Waals surface area contributed by atoms with Gasteiger partial charge in [0.25, 0.3) is 0 Å². The largest absolute Gasteiger partial charge is 0.384 e. The van der Waals surface area contributed by atoms with Gasteiger partial charge in [-0.05, 0) is 11.2 Å². The van der Waals surface area contributed by atoms with Gasteiger partial charge in [0.05, 0.1) is 6.61 Å². The maximum Gasteiger partial charge on any atom is 0.203 e. The molecular weight excluding hydrogens is 154 g/mol. The summed E-state index contributed by atoms with van der Waals surface area (Å²) in [5.74, 6) is 0. The minimum Gasteiger partial charge on any atom is -0.384 e. The lowest BCUT2D eigenvalue weighted by Gasteiger charge is -2.05. The predicted molar refractivity (Wildman–Crippen MR) is 49.4 cm³/mol. The molecule has 3 nitrogen and oxygen atoms in total. The average molecular weight is 174 g/mol. The molecule has 12 heavy (non-hydrogen) atoms. The molecule has 0 aliphatic carbocycles. The van der Waals surface area contributed by atoms with E-state index in [1.165, 1.54) is 0 Å². The van der Waals surface area contributed by atoms with Crippen LogP contribution >= 0.6 is 0 Å². The van der Waals surface area contributed by atoms with Crippen LogP contribution in [0.3, 0.4) is 0 Å². The minimum absolute atomic E-state index is 0.143. The van der Waals surface area contributed by atoms with Crippen molar-refractivity contribution < 1.29 is 9.50 Å². The summed E-state index contributed by atoms with van der Waals surface area (Å²) in [5, 5.41) is 0. The van der Waals surface area contributed by atoms with Crippen LogP contribution in [0.15, 0.2) is 0 Å². The fraction of sp³-hybridized carbons (Fsp3) is 1.00. The summed E-state index contributed by atoms with van der Waals surface area (Å²) < 4.78 is 5.99. The predicted octanol–water partition coefficient (Wildman–Crippen LogP) is 1.99. The van der Waals surface area contributed by atoms with Gasteiger partial charge in [0.15, 0.2) is 7.05 Å². The molecule has 0 saturated heterocycles. The number of unbranched alkanes of at least 4 members (excludes halogenated alkanes) is 1. The summed E-state index contributed by atoms with van der Waals surface area (Å²) in [4.78, 5) is 11.0. The van der Waals surface area contributed by atoms with Gasteiger partial charge in [0.2, 0.25) is 6.04 Å². The first-order valence-electron chi connectivity index (χ1n) is 4.61. The Labute approximate surface area is 74.7 Å². The van der Waals surface area contributed by atoms with E-state index in [-0.39, 0.29) is 6.04 Å². The molecule has 0 radical (unpaired) electrons. The van der Waals surface area contributed by atoms with Crippen molar-refractivity contribution in [1.29, 1.82) is 0 Å². The summed E-state index contributed by atoms with van der Waals surface area (Å²) in [5.41, 5.74) is 0. The summed E-state index contributed by atoms with van der Waals surface area (Å²) in [6, 6.07) is 0.143. The number of ether oxygens (including phenoxy) is 1. The standard InChI is InChI=1S/C9H20NO2/c1-4-5-6-9(10(2)11)7-8-12-3/h9H,4-8H2,1-3H3/q+1. The van der Waals surface area contributed by atoms with Gasteiger partial charge in [0.1, 0.15) is 0 Å². The molecule has 0 N–H and O–H groups in total. The molecule has 0 aliphatic rings. The fourth-order valence-corrected chi connectivity index (χ4v) is 1.20. The van der Waals surface area contributed by atoms with Gasteiger partial charge in [-0.2, -0.15) is 0 Å². The molecule has 0 aromatic carbocycles. The SMILES string of the molecule is CCCCC(CCOC)[N+](C)=O. The monoisotopic (exact) mass is 174 g/mol. The van der Waals surface area contributed by atoms with Crippen molar-refractivity contribution in [2.45, 2.75) is 38.6 Å². The summed E-state index contributed by atoms with van der Waals surface area (Å²) in [6.07, 6.45) is 4.11. The fourth-order valence-electron chi connectivity index (χ4n) is 1.20. The zero-order valence-corrected chi connectivity index (χ0v) is 8.38. The molecule has 1 unspecified atom stereocenters. The Morgan fingerprint density at radius 3 is 2.50 bits per heavy atom. The lowest BCUT2D eigenvalue weighted by atomic mass is 10.1. The molecule has 0 spiro atoms. The number of rotatable bonds is 7. The van der Waals surface area contributed by atoms with Crippen molar-refractivity contribution in [1.82, 2.24) is 0 Å². The molecular formula is C9H20NO2+. The third kappa shape index (κ3) is 5.24. The van der Waals surface area contributed by atoms with E-state index < -0.39 is 0 Å². The number of hydrogen-bond acceptors (Lipinski definition) is 2. The summed E-state index contributed by atoms with van der Waals surface area (Å²) in [7, 11) is 3.26. The van der Waals surface area contributed by atoms with E-state index in [1.54, 1.807) is 14.2 Å². The van der Waals surface area contributed by atoms with Crippen molar-refractivity contribution >= 4 is 0 Å². The van der Waals surface area contributed by atoms with Crippen LogP contribution in [0.2, 0.25) is 0 Å². The van der Waals surface area contributed by atoms with Crippen LogP contribution in [0.1, 0.15) is 32.6 Å². The van der Waals surface area contributed by atoms with Crippen molar-refractivity contribution in [2.24, 2.45) is 0 Å². The van der Waals surface area contributed by atoms with Crippen molar-refractivity contribution in [2.75, 3.05) is 20.8 Å². The third-order valence-corrected chi connectivity index (χ3v) is 2.06. The Kier molecular flexibility index (Phi) is 6.96. The van der Waals surface area contributed by atoms with Crippen molar-refractivity contribution in [3.05, 3.63) is 4.91 Å². The molecule has 0 rings (SSSR count). The first-order valence-corrected chi connectivity index (χ1v) is 4.61. The first-order chi connectivity index (χ1) is 5.72. The van der Waals surface area contributed by atoms with E-state index >= 15 is 0 Å². The molecule has 0 heterocycles. The lowest BCUT2D eigenvalue weighted by molar-refractivity contribution is -0.561. The van der Waals surface area contributed by atoms with Gasteiger partial charge in [-0.3, -0.25) is 0 Å². The number of hydrogen-bond donors (Lipinski definition) is 0. The van der Waals surface area contributed by atoms with E-state index in [0.717, 1.165) is 30.4 Å². The highest BCUT2D eigenvalue weighted by molar-refractivity contribution is 4.54. The van der Waals surface area contributed by atoms with Crippen LogP contribution in [-0.2, 0) is 4.74 Å². The van der Waals surface area contributed by atoms with E-state index in [0.29, 0.717) is 6.61 Å². The van der Waals surface area contributed by atoms with Gasteiger partial charge in [-0.1, -0.05) is 13.3 Å². The molecule has 0 aliphatic heterocycles. The van der Waals surface area contributed by atoms with Crippen molar-refractivity contribution in [3.63, 3.8) is 0 Å². The molecule has 0 aromatic heterocycles. The van der Waals surface area contributed by atoms with Crippen molar-refractivity contribution in [3.8, 4) is 0 Å². The van der Waals surface area contributed by atoms with Crippen LogP contribution in [0.5, 0.6) is 0 Å². The van der Waals surface area contributed by atoms with E-state index in [1.807, 2.05) is 0 Å². The van der Waals surface area contributed by atoms with E-state index in [4.69, 9.17) is 4.74 Å². The Balaban J connectivity index is 3.62. The molecule has 1 atom stereocenters. The second-order valence-corrected chi connectivity index (χ2v) is 3.12. The maximum atomic E-state index is 11.0. The highest BCUT2D eigenvalue weighted by Crippen LogP contribution is 2.07. The van der Waals surface area contributed by atoms with Crippen LogP contribution in [0.25, 0.3) is 0 Å². The van der Waals surface area contributed by atoms with E-state index in [9.17, 15) is 4.91 Å². The average Bonchev–Trinajstić information content (AvgIpc) is 2.04. The van der Waals surface area contributed by atoms with E-state index in [2.05, 4.69) is 6.92 Å². The third-order valence-electron chi connectivity index (χ3n) is 2.06. The zero-order chi connectivity index (χ0) is 9.40. The maximum absolute atomic E-state index is 11.0. The Hall–Kier alpha value is -0.440. The highest BCUT2D eigenvalue weighted by atomic mass is 16.5. The highest BCUT2D eigenvalue weighted by Gasteiger charge is 2.19. The number of nitroso groups, excluding NO2 is 1. The molecule has 0 aromatic rings. The van der Waals surface area contributed by atoms with Crippen LogP contribution in [0, 0.1) is 4.91 Å². The summed E-state index contributed by atoms with van der Waals surface area (Å²) >= 11 is 0. The normalized spacial score (nSPS) is 12.9. The van der Waals surface area contributed by atoms with Gasteiger partial charge in [-0.25, -0.2) is 0 Å². The Morgan fingerprint density at radius 2 is 2.08 bits per heavy atom. The van der Waals surface area contributed by atoms with Gasteiger partial charge in [-0.15, -0.1) is 0 Å². The quantitative estimate of drug-likeness (QED) is 0.552. The second kappa shape index (κ2) is 7.22. The molecule has 0 saturated carbocycles. The zero-order valence-electron chi connectivity index (χ0n) is 8.38. The Morgan fingerprint density at radius 1 is 1.42 bits per heavy atom. The molecule has 0 bridgehead atoms. The van der Waals surface area contributed by atoms with Gasteiger partial charge < -0.3 is 4.74 Å². The van der Waals surface area contributed by atoms with Gasteiger partial charge in [0, 0.05) is 24.9 Å². The van der Waals surface area contributed by atoms with Crippen LogP contribution in [0.4, 0.5) is 0 Å². The number of methoxy groups -OCH3 is 1. The second-order valence-electron chi connectivity index (χ2n) is 3.12. The number of nitrogens with zero attached hydrogens (tertiary/aromatic N) is 1. The molecule has 0 fully saturated rings. The van der Waals surface area contributed by atoms with Crippen LogP contribution < -0.4 is 0 Å². The van der Waals surface area contributed by atoms with Crippen LogP contribution in [-0.4, -0.2) is 31.6 Å². The first kappa shape index (κ1) is 11.6. The Bertz CT molecular complexity index is 118. The topological polar surface area (TPSA) is 29.3 Å². The summed E-state index contributed by atoms with van der Waals surface area (Å²) in [6.45, 7) is 2.82. The van der Waals surface area contributed by atoms with Gasteiger partial charge >= 0.3 is 0 Å². The molecule has 3 heteroatoms. The molecule has 0 amide bonds. The lowest BCUT2D eigenvalue weighted by Crippen LogP contribution is -2.22. The molecule has 72 valence electrons.